The third kappa shape index (κ3) is 4.20. The van der Waals surface area contributed by atoms with Crippen LogP contribution < -0.4 is 10.5 Å². The second-order valence-electron chi connectivity index (χ2n) is 7.53. The Balaban J connectivity index is 1.45. The molecule has 0 radical (unpaired) electrons. The summed E-state index contributed by atoms with van der Waals surface area (Å²) in [6.45, 7) is 2.43. The summed E-state index contributed by atoms with van der Waals surface area (Å²) in [6.07, 6.45) is 11.0. The van der Waals surface area contributed by atoms with Crippen LogP contribution in [0.5, 0.6) is 0 Å². The summed E-state index contributed by atoms with van der Waals surface area (Å²) in [5.41, 5.74) is 1.64. The molecule has 8 nitrogen and oxygen atoms in total. The highest BCUT2D eigenvalue weighted by molar-refractivity contribution is 5.76. The smallest absolute Gasteiger partial charge is 0.269 e. The molecule has 1 aliphatic heterocycles. The maximum atomic E-state index is 12.8. The zero-order chi connectivity index (χ0) is 18.8. The van der Waals surface area contributed by atoms with Gasteiger partial charge in [-0.05, 0) is 32.1 Å². The van der Waals surface area contributed by atoms with Gasteiger partial charge in [-0.15, -0.1) is 0 Å². The standard InChI is InChI=1S/C19H26N6O2/c1-22-12-15(10-20-22)13-24(16-5-6-16)19(27)14-25-18(26)9-17(11-21-25)23-7-3-2-4-8-23/h9-12,16H,2-8,13-14H2,1H3. The SMILES string of the molecule is Cn1cc(CN(C(=O)Cn2ncc(N3CCCCC3)cc2=O)C2CC2)cn1. The van der Waals surface area contributed by atoms with Gasteiger partial charge in [-0.3, -0.25) is 14.3 Å². The molecule has 1 aliphatic carbocycles. The molecule has 1 saturated heterocycles. The molecule has 144 valence electrons. The molecule has 2 aliphatic rings. The number of anilines is 1. The number of nitrogens with zero attached hydrogens (tertiary/aromatic N) is 6. The van der Waals surface area contributed by atoms with E-state index in [0.29, 0.717) is 6.54 Å². The Morgan fingerprint density at radius 1 is 1.19 bits per heavy atom. The van der Waals surface area contributed by atoms with Gasteiger partial charge in [0.1, 0.15) is 6.54 Å². The Bertz CT molecular complexity index is 863. The minimum atomic E-state index is -0.219. The zero-order valence-corrected chi connectivity index (χ0v) is 15.8. The van der Waals surface area contributed by atoms with E-state index in [1.54, 1.807) is 23.1 Å². The van der Waals surface area contributed by atoms with E-state index in [1.165, 1.54) is 11.1 Å². The fraction of sp³-hybridized carbons (Fsp3) is 0.579. The molecule has 0 N–H and O–H groups in total. The molecule has 0 atom stereocenters. The average Bonchev–Trinajstić information content (AvgIpc) is 3.43. The fourth-order valence-corrected chi connectivity index (χ4v) is 3.64. The number of amides is 1. The molecule has 2 fully saturated rings. The molecule has 2 aromatic rings. The fourth-order valence-electron chi connectivity index (χ4n) is 3.64. The number of aryl methyl sites for hydroxylation is 1. The second kappa shape index (κ2) is 7.54. The minimum absolute atomic E-state index is 0.0180. The van der Waals surface area contributed by atoms with Crippen molar-refractivity contribution in [3.63, 3.8) is 0 Å². The summed E-state index contributed by atoms with van der Waals surface area (Å²) >= 11 is 0. The van der Waals surface area contributed by atoms with Gasteiger partial charge in [-0.1, -0.05) is 0 Å². The lowest BCUT2D eigenvalue weighted by molar-refractivity contribution is -0.133. The molecular formula is C19H26N6O2. The van der Waals surface area contributed by atoms with Crippen LogP contribution >= 0.6 is 0 Å². The maximum absolute atomic E-state index is 12.8. The van der Waals surface area contributed by atoms with Crippen LogP contribution in [0.25, 0.3) is 0 Å². The Morgan fingerprint density at radius 3 is 2.59 bits per heavy atom. The number of hydrogen-bond acceptors (Lipinski definition) is 5. The molecule has 27 heavy (non-hydrogen) atoms. The summed E-state index contributed by atoms with van der Waals surface area (Å²) in [4.78, 5) is 29.4. The maximum Gasteiger partial charge on any atom is 0.269 e. The third-order valence-corrected chi connectivity index (χ3v) is 5.28. The highest BCUT2D eigenvalue weighted by Gasteiger charge is 2.33. The van der Waals surface area contributed by atoms with Crippen LogP contribution in [-0.2, 0) is 24.9 Å². The quantitative estimate of drug-likeness (QED) is 0.763. The number of carbonyl (C=O) groups is 1. The van der Waals surface area contributed by atoms with Crippen LogP contribution in [0.4, 0.5) is 5.69 Å². The Labute approximate surface area is 158 Å². The van der Waals surface area contributed by atoms with E-state index in [1.807, 2.05) is 18.1 Å². The molecule has 0 unspecified atom stereocenters. The van der Waals surface area contributed by atoms with Gasteiger partial charge in [-0.25, -0.2) is 4.68 Å². The average molecular weight is 370 g/mol. The van der Waals surface area contributed by atoms with Gasteiger partial charge >= 0.3 is 0 Å². The van der Waals surface area contributed by atoms with E-state index in [-0.39, 0.29) is 24.1 Å². The summed E-state index contributed by atoms with van der Waals surface area (Å²) in [6, 6.07) is 1.87. The largest absolute Gasteiger partial charge is 0.370 e. The summed E-state index contributed by atoms with van der Waals surface area (Å²) in [5.74, 6) is -0.0679. The van der Waals surface area contributed by atoms with Crippen molar-refractivity contribution >= 4 is 11.6 Å². The van der Waals surface area contributed by atoms with Gasteiger partial charge < -0.3 is 9.80 Å². The van der Waals surface area contributed by atoms with E-state index < -0.39 is 0 Å². The van der Waals surface area contributed by atoms with Gasteiger partial charge in [0, 0.05) is 50.6 Å². The predicted octanol–water partition coefficient (Wildman–Crippen LogP) is 1.16. The van der Waals surface area contributed by atoms with Crippen LogP contribution in [0.15, 0.2) is 29.5 Å². The first-order valence-corrected chi connectivity index (χ1v) is 9.69. The van der Waals surface area contributed by atoms with Crippen molar-refractivity contribution in [2.24, 2.45) is 7.05 Å². The van der Waals surface area contributed by atoms with Gasteiger partial charge in [-0.2, -0.15) is 10.2 Å². The normalized spacial score (nSPS) is 17.1. The predicted molar refractivity (Wildman–Crippen MR) is 101 cm³/mol. The molecule has 1 saturated carbocycles. The Morgan fingerprint density at radius 2 is 1.96 bits per heavy atom. The first-order chi connectivity index (χ1) is 13.1. The first kappa shape index (κ1) is 17.8. The first-order valence-electron chi connectivity index (χ1n) is 9.69. The van der Waals surface area contributed by atoms with Crippen LogP contribution in [0.1, 0.15) is 37.7 Å². The number of hydrogen-bond donors (Lipinski definition) is 0. The number of carbonyl (C=O) groups excluding carboxylic acids is 1. The van der Waals surface area contributed by atoms with Crippen LogP contribution in [0.3, 0.4) is 0 Å². The van der Waals surface area contributed by atoms with Crippen LogP contribution in [0, 0.1) is 0 Å². The van der Waals surface area contributed by atoms with Gasteiger partial charge in [0.05, 0.1) is 18.1 Å². The van der Waals surface area contributed by atoms with Crippen molar-refractivity contribution in [3.8, 4) is 0 Å². The zero-order valence-electron chi connectivity index (χ0n) is 15.8. The second-order valence-corrected chi connectivity index (χ2v) is 7.53. The molecule has 4 rings (SSSR count). The summed E-state index contributed by atoms with van der Waals surface area (Å²) < 4.78 is 3.00. The number of rotatable bonds is 6. The van der Waals surface area contributed by atoms with Crippen LogP contribution in [-0.4, -0.2) is 49.5 Å². The topological polar surface area (TPSA) is 76.3 Å². The van der Waals surface area contributed by atoms with E-state index in [2.05, 4.69) is 15.1 Å². The highest BCUT2D eigenvalue weighted by Crippen LogP contribution is 2.28. The molecule has 0 aromatic carbocycles. The Kier molecular flexibility index (Phi) is 4.96. The van der Waals surface area contributed by atoms with Crippen LogP contribution in [0.2, 0.25) is 0 Å². The Hall–Kier alpha value is -2.64. The molecule has 8 heteroatoms. The van der Waals surface area contributed by atoms with Crippen molar-refractivity contribution in [1.82, 2.24) is 24.5 Å². The lowest BCUT2D eigenvalue weighted by atomic mass is 10.1. The van der Waals surface area contributed by atoms with E-state index in [9.17, 15) is 9.59 Å². The third-order valence-electron chi connectivity index (χ3n) is 5.28. The van der Waals surface area contributed by atoms with Crippen molar-refractivity contribution in [3.05, 3.63) is 40.6 Å². The lowest BCUT2D eigenvalue weighted by Crippen LogP contribution is -2.38. The molecule has 3 heterocycles. The van der Waals surface area contributed by atoms with Gasteiger partial charge in [0.15, 0.2) is 0 Å². The van der Waals surface area contributed by atoms with E-state index in [4.69, 9.17) is 0 Å². The number of aromatic nitrogens is 4. The minimum Gasteiger partial charge on any atom is -0.370 e. The summed E-state index contributed by atoms with van der Waals surface area (Å²) in [5, 5.41) is 8.43. The molecule has 1 amide bonds. The molecule has 2 aromatic heterocycles. The monoisotopic (exact) mass is 370 g/mol. The number of piperidine rings is 1. The molecular weight excluding hydrogens is 344 g/mol. The van der Waals surface area contributed by atoms with Gasteiger partial charge in [0.25, 0.3) is 5.56 Å². The van der Waals surface area contributed by atoms with Crippen molar-refractivity contribution in [2.45, 2.75) is 51.2 Å². The lowest BCUT2D eigenvalue weighted by Gasteiger charge is -2.28. The van der Waals surface area contributed by atoms with Crippen molar-refractivity contribution in [1.29, 1.82) is 0 Å². The van der Waals surface area contributed by atoms with Gasteiger partial charge in [0.2, 0.25) is 5.91 Å². The van der Waals surface area contributed by atoms with E-state index >= 15 is 0 Å². The molecule has 0 spiro atoms. The molecule has 0 bridgehead atoms. The van der Waals surface area contributed by atoms with Crippen molar-refractivity contribution < 1.29 is 4.79 Å². The van der Waals surface area contributed by atoms with Crippen molar-refractivity contribution in [2.75, 3.05) is 18.0 Å². The highest BCUT2D eigenvalue weighted by atomic mass is 16.2. The summed E-state index contributed by atoms with van der Waals surface area (Å²) in [7, 11) is 1.86. The van der Waals surface area contributed by atoms with E-state index in [0.717, 1.165) is 50.0 Å².